The lowest BCUT2D eigenvalue weighted by Crippen LogP contribution is -1.81. The molecular weight excluding hydrogens is 231 g/mol. The van der Waals surface area contributed by atoms with Crippen molar-refractivity contribution in [3.8, 4) is 17.3 Å². The van der Waals surface area contributed by atoms with Gasteiger partial charge < -0.3 is 4.98 Å². The topological polar surface area (TPSA) is 39.6 Å². The maximum absolute atomic E-state index is 8.86. The first kappa shape index (κ1) is 10.1. The van der Waals surface area contributed by atoms with Gasteiger partial charge in [-0.2, -0.15) is 5.26 Å². The highest BCUT2D eigenvalue weighted by atomic mass is 35.5. The predicted octanol–water partition coefficient (Wildman–Crippen LogP) is 3.86. The minimum absolute atomic E-state index is 0.479. The van der Waals surface area contributed by atoms with Gasteiger partial charge >= 0.3 is 0 Å². The van der Waals surface area contributed by atoms with Crippen LogP contribution in [0.15, 0.2) is 30.5 Å². The summed E-state index contributed by atoms with van der Waals surface area (Å²) >= 11 is 11.7. The molecule has 0 aliphatic carbocycles. The molecule has 2 aromatic rings. The van der Waals surface area contributed by atoms with Gasteiger partial charge in [0.25, 0.3) is 0 Å². The minimum Gasteiger partial charge on any atom is -0.360 e. The van der Waals surface area contributed by atoms with E-state index >= 15 is 0 Å². The molecule has 0 saturated carbocycles. The Bertz CT molecular complexity index is 538. The van der Waals surface area contributed by atoms with E-state index in [4.69, 9.17) is 28.5 Å². The molecule has 2 rings (SSSR count). The lowest BCUT2D eigenvalue weighted by atomic mass is 10.1. The van der Waals surface area contributed by atoms with Crippen LogP contribution in [0.1, 0.15) is 5.56 Å². The van der Waals surface area contributed by atoms with Crippen molar-refractivity contribution in [1.82, 2.24) is 4.98 Å². The zero-order chi connectivity index (χ0) is 10.8. The first-order chi connectivity index (χ1) is 7.22. The van der Waals surface area contributed by atoms with Crippen molar-refractivity contribution in [2.75, 3.05) is 0 Å². The Hall–Kier alpha value is -1.43. The van der Waals surface area contributed by atoms with E-state index in [-0.39, 0.29) is 0 Å². The van der Waals surface area contributed by atoms with Gasteiger partial charge in [-0.3, -0.25) is 0 Å². The monoisotopic (exact) mass is 236 g/mol. The molecule has 15 heavy (non-hydrogen) atoms. The third kappa shape index (κ3) is 1.85. The molecule has 2 nitrogen and oxygen atoms in total. The third-order valence-corrected chi connectivity index (χ3v) is 2.81. The number of nitrogens with zero attached hydrogens (tertiary/aromatic N) is 1. The van der Waals surface area contributed by atoms with Gasteiger partial charge in [-0.1, -0.05) is 29.3 Å². The number of benzene rings is 1. The normalized spacial score (nSPS) is 9.93. The van der Waals surface area contributed by atoms with Gasteiger partial charge in [0.05, 0.1) is 21.3 Å². The molecule has 0 amide bonds. The number of hydrogen-bond donors (Lipinski definition) is 1. The maximum Gasteiger partial charge on any atom is 0.101 e. The molecule has 0 aliphatic rings. The molecule has 74 valence electrons. The highest BCUT2D eigenvalue weighted by Gasteiger charge is 2.07. The Morgan fingerprint density at radius 3 is 2.60 bits per heavy atom. The van der Waals surface area contributed by atoms with E-state index in [9.17, 15) is 0 Å². The summed E-state index contributed by atoms with van der Waals surface area (Å²) in [7, 11) is 0. The molecule has 4 heteroatoms. The van der Waals surface area contributed by atoms with Crippen LogP contribution in [0.5, 0.6) is 0 Å². The summed E-state index contributed by atoms with van der Waals surface area (Å²) in [6.45, 7) is 0. The van der Waals surface area contributed by atoms with Gasteiger partial charge in [-0.25, -0.2) is 0 Å². The average molecular weight is 237 g/mol. The number of H-pyrrole nitrogens is 1. The standard InChI is InChI=1S/C11H6Cl2N2/c12-9-2-1-7(5-10(9)13)11-8(6-14)3-4-15-11/h1-5,15H. The molecule has 0 unspecified atom stereocenters. The summed E-state index contributed by atoms with van der Waals surface area (Å²) in [5.74, 6) is 0. The van der Waals surface area contributed by atoms with Crippen LogP contribution < -0.4 is 0 Å². The van der Waals surface area contributed by atoms with Crippen molar-refractivity contribution in [3.63, 3.8) is 0 Å². The van der Waals surface area contributed by atoms with Crippen molar-refractivity contribution < 1.29 is 0 Å². The SMILES string of the molecule is N#Cc1cc[nH]c1-c1ccc(Cl)c(Cl)c1. The fourth-order valence-corrected chi connectivity index (χ4v) is 1.65. The summed E-state index contributed by atoms with van der Waals surface area (Å²) in [5.41, 5.74) is 2.20. The van der Waals surface area contributed by atoms with E-state index < -0.39 is 0 Å². The van der Waals surface area contributed by atoms with E-state index in [1.165, 1.54) is 0 Å². The first-order valence-electron chi connectivity index (χ1n) is 4.25. The zero-order valence-electron chi connectivity index (χ0n) is 7.59. The number of aromatic nitrogens is 1. The number of nitrogens with one attached hydrogen (secondary N) is 1. The Balaban J connectivity index is 2.56. The fraction of sp³-hybridized carbons (Fsp3) is 0. The summed E-state index contributed by atoms with van der Waals surface area (Å²) in [6, 6.07) is 9.08. The molecule has 1 N–H and O–H groups in total. The number of nitriles is 1. The molecule has 0 radical (unpaired) electrons. The summed E-state index contributed by atoms with van der Waals surface area (Å²) in [5, 5.41) is 9.85. The molecule has 0 bridgehead atoms. The fourth-order valence-electron chi connectivity index (χ4n) is 1.35. The maximum atomic E-state index is 8.86. The third-order valence-electron chi connectivity index (χ3n) is 2.08. The quantitative estimate of drug-likeness (QED) is 0.803. The zero-order valence-corrected chi connectivity index (χ0v) is 9.10. The predicted molar refractivity (Wildman–Crippen MR) is 61.0 cm³/mol. The highest BCUT2D eigenvalue weighted by molar-refractivity contribution is 6.42. The van der Waals surface area contributed by atoms with Crippen molar-refractivity contribution in [1.29, 1.82) is 5.26 Å². The second-order valence-corrected chi connectivity index (χ2v) is 3.82. The van der Waals surface area contributed by atoms with Crippen molar-refractivity contribution in [3.05, 3.63) is 46.1 Å². The van der Waals surface area contributed by atoms with Gasteiger partial charge in [-0.15, -0.1) is 0 Å². The summed E-state index contributed by atoms with van der Waals surface area (Å²) < 4.78 is 0. The Morgan fingerprint density at radius 2 is 1.93 bits per heavy atom. The van der Waals surface area contributed by atoms with Crippen LogP contribution in [0.2, 0.25) is 10.0 Å². The van der Waals surface area contributed by atoms with Crippen molar-refractivity contribution in [2.24, 2.45) is 0 Å². The van der Waals surface area contributed by atoms with Gasteiger partial charge in [-0.05, 0) is 18.2 Å². The second-order valence-electron chi connectivity index (χ2n) is 3.01. The van der Waals surface area contributed by atoms with Crippen molar-refractivity contribution in [2.45, 2.75) is 0 Å². The second kappa shape index (κ2) is 3.98. The molecule has 0 aliphatic heterocycles. The molecule has 1 aromatic heterocycles. The molecule has 1 heterocycles. The lowest BCUT2D eigenvalue weighted by Gasteiger charge is -2.01. The molecular formula is C11H6Cl2N2. The molecule has 1 aromatic carbocycles. The average Bonchev–Trinajstić information content (AvgIpc) is 2.70. The molecule has 0 fully saturated rings. The van der Waals surface area contributed by atoms with Crippen LogP contribution >= 0.6 is 23.2 Å². The number of hydrogen-bond acceptors (Lipinski definition) is 1. The first-order valence-corrected chi connectivity index (χ1v) is 5.01. The number of halogens is 2. The number of aromatic amines is 1. The van der Waals surface area contributed by atoms with Gasteiger partial charge in [0.1, 0.15) is 6.07 Å². The molecule has 0 saturated heterocycles. The highest BCUT2D eigenvalue weighted by Crippen LogP contribution is 2.29. The van der Waals surface area contributed by atoms with Crippen LogP contribution in [-0.4, -0.2) is 4.98 Å². The largest absolute Gasteiger partial charge is 0.360 e. The minimum atomic E-state index is 0.479. The molecule has 0 spiro atoms. The Labute approximate surface area is 97.1 Å². The van der Waals surface area contributed by atoms with Crippen LogP contribution in [0.4, 0.5) is 0 Å². The summed E-state index contributed by atoms with van der Waals surface area (Å²) in [6.07, 6.45) is 1.72. The van der Waals surface area contributed by atoms with E-state index in [1.54, 1.807) is 24.4 Å². The van der Waals surface area contributed by atoms with Gasteiger partial charge in [0.2, 0.25) is 0 Å². The van der Waals surface area contributed by atoms with E-state index in [2.05, 4.69) is 11.1 Å². The van der Waals surface area contributed by atoms with Crippen LogP contribution in [0, 0.1) is 11.3 Å². The molecule has 0 atom stereocenters. The lowest BCUT2D eigenvalue weighted by molar-refractivity contribution is 1.39. The van der Waals surface area contributed by atoms with Crippen molar-refractivity contribution >= 4 is 23.2 Å². The van der Waals surface area contributed by atoms with Crippen LogP contribution in [0.3, 0.4) is 0 Å². The van der Waals surface area contributed by atoms with Crippen LogP contribution in [0.25, 0.3) is 11.3 Å². The van der Waals surface area contributed by atoms with E-state index in [1.807, 2.05) is 6.07 Å². The van der Waals surface area contributed by atoms with Gasteiger partial charge in [0.15, 0.2) is 0 Å². The van der Waals surface area contributed by atoms with Crippen LogP contribution in [-0.2, 0) is 0 Å². The Kier molecular flexibility index (Phi) is 2.68. The Morgan fingerprint density at radius 1 is 1.13 bits per heavy atom. The smallest absolute Gasteiger partial charge is 0.101 e. The van der Waals surface area contributed by atoms with Gasteiger partial charge in [0, 0.05) is 11.8 Å². The summed E-state index contributed by atoms with van der Waals surface area (Å²) in [4.78, 5) is 3.00. The number of rotatable bonds is 1. The van der Waals surface area contributed by atoms with E-state index in [0.29, 0.717) is 15.6 Å². The van der Waals surface area contributed by atoms with E-state index in [0.717, 1.165) is 11.3 Å².